The molecular formula is C31H35N3O6S. The highest BCUT2D eigenvalue weighted by atomic mass is 32.2. The van der Waals surface area contributed by atoms with Crippen molar-refractivity contribution in [1.29, 1.82) is 0 Å². The minimum absolute atomic E-state index is 0.0689. The summed E-state index contributed by atoms with van der Waals surface area (Å²) in [5, 5.41) is 3.00. The van der Waals surface area contributed by atoms with Crippen molar-refractivity contribution in [2.75, 3.05) is 13.7 Å². The quantitative estimate of drug-likeness (QED) is 0.351. The normalized spacial score (nSPS) is 15.1. The number of hydrogen-bond donors (Lipinski definition) is 1. The number of carbonyl (C=O) groups excluding carboxylic acids is 3. The largest absolute Gasteiger partial charge is 0.497 e. The van der Waals surface area contributed by atoms with E-state index in [0.29, 0.717) is 12.2 Å². The van der Waals surface area contributed by atoms with E-state index >= 15 is 0 Å². The summed E-state index contributed by atoms with van der Waals surface area (Å²) in [7, 11) is -2.53. The van der Waals surface area contributed by atoms with Gasteiger partial charge >= 0.3 is 0 Å². The monoisotopic (exact) mass is 577 g/mol. The van der Waals surface area contributed by atoms with E-state index in [2.05, 4.69) is 5.32 Å². The van der Waals surface area contributed by atoms with Crippen LogP contribution in [0, 0.1) is 0 Å². The van der Waals surface area contributed by atoms with Gasteiger partial charge in [0, 0.05) is 32.0 Å². The fourth-order valence-electron chi connectivity index (χ4n) is 4.76. The van der Waals surface area contributed by atoms with Gasteiger partial charge in [0.2, 0.25) is 11.8 Å². The molecule has 0 fully saturated rings. The second-order valence-corrected chi connectivity index (χ2v) is 11.9. The third kappa shape index (κ3) is 6.77. The summed E-state index contributed by atoms with van der Waals surface area (Å²) < 4.78 is 32.3. The molecule has 0 aliphatic carbocycles. The van der Waals surface area contributed by atoms with Gasteiger partial charge in [-0.2, -0.15) is 0 Å². The molecule has 0 saturated carbocycles. The Labute approximate surface area is 241 Å². The first-order valence-corrected chi connectivity index (χ1v) is 15.0. The first-order valence-electron chi connectivity index (χ1n) is 13.6. The van der Waals surface area contributed by atoms with Crippen LogP contribution in [0.1, 0.15) is 48.2 Å². The van der Waals surface area contributed by atoms with Crippen molar-refractivity contribution in [3.05, 3.63) is 95.6 Å². The van der Waals surface area contributed by atoms with Gasteiger partial charge in [-0.25, -0.2) is 12.7 Å². The van der Waals surface area contributed by atoms with Crippen LogP contribution in [-0.2, 0) is 32.6 Å². The number of amides is 3. The van der Waals surface area contributed by atoms with E-state index in [-0.39, 0.29) is 48.3 Å². The number of benzene rings is 3. The van der Waals surface area contributed by atoms with Crippen LogP contribution in [0.2, 0.25) is 0 Å². The molecule has 9 nitrogen and oxygen atoms in total. The summed E-state index contributed by atoms with van der Waals surface area (Å²) in [6.07, 6.45) is 0.680. The van der Waals surface area contributed by atoms with Gasteiger partial charge in [-0.3, -0.25) is 14.4 Å². The van der Waals surface area contributed by atoms with Gasteiger partial charge in [0.25, 0.3) is 15.9 Å². The predicted octanol–water partition coefficient (Wildman–Crippen LogP) is 3.78. The van der Waals surface area contributed by atoms with Gasteiger partial charge in [0.05, 0.1) is 12.7 Å². The van der Waals surface area contributed by atoms with Crippen LogP contribution in [0.4, 0.5) is 0 Å². The minimum Gasteiger partial charge on any atom is -0.497 e. The number of methoxy groups -OCH3 is 1. The summed E-state index contributed by atoms with van der Waals surface area (Å²) >= 11 is 0. The number of nitrogens with zero attached hydrogens (tertiary/aromatic N) is 2. The third-order valence-electron chi connectivity index (χ3n) is 7.20. The molecule has 216 valence electrons. The Morgan fingerprint density at radius 3 is 2.34 bits per heavy atom. The Morgan fingerprint density at radius 1 is 0.976 bits per heavy atom. The van der Waals surface area contributed by atoms with E-state index in [0.717, 1.165) is 15.4 Å². The molecule has 0 unspecified atom stereocenters. The zero-order valence-electron chi connectivity index (χ0n) is 23.4. The van der Waals surface area contributed by atoms with E-state index in [9.17, 15) is 22.8 Å². The van der Waals surface area contributed by atoms with Crippen molar-refractivity contribution in [3.8, 4) is 5.75 Å². The molecule has 0 spiro atoms. The van der Waals surface area contributed by atoms with Gasteiger partial charge in [-0.1, -0.05) is 61.5 Å². The smallest absolute Gasteiger partial charge is 0.269 e. The van der Waals surface area contributed by atoms with E-state index < -0.39 is 27.9 Å². The van der Waals surface area contributed by atoms with Crippen LogP contribution in [0.5, 0.6) is 5.75 Å². The molecule has 0 radical (unpaired) electrons. The van der Waals surface area contributed by atoms with E-state index in [1.807, 2.05) is 50.2 Å². The first-order chi connectivity index (χ1) is 19.6. The second-order valence-electron chi connectivity index (χ2n) is 10.0. The highest BCUT2D eigenvalue weighted by Gasteiger charge is 2.41. The Bertz CT molecular complexity index is 1510. The predicted molar refractivity (Wildman–Crippen MR) is 155 cm³/mol. The molecule has 0 saturated heterocycles. The molecule has 1 aliphatic heterocycles. The Kier molecular flexibility index (Phi) is 9.44. The van der Waals surface area contributed by atoms with Crippen LogP contribution in [0.3, 0.4) is 0 Å². The molecule has 3 aromatic rings. The van der Waals surface area contributed by atoms with Crippen LogP contribution in [0.15, 0.2) is 83.8 Å². The van der Waals surface area contributed by atoms with E-state index in [1.165, 1.54) is 17.0 Å². The Balaban J connectivity index is 1.65. The van der Waals surface area contributed by atoms with Crippen LogP contribution in [-0.4, -0.2) is 61.1 Å². The highest BCUT2D eigenvalue weighted by molar-refractivity contribution is 7.90. The van der Waals surface area contributed by atoms with Gasteiger partial charge in [0.1, 0.15) is 16.7 Å². The Hall–Kier alpha value is -4.18. The average Bonchev–Trinajstić information content (AvgIpc) is 3.18. The molecule has 3 amide bonds. The summed E-state index contributed by atoms with van der Waals surface area (Å²) in [6, 6.07) is 21.6. The summed E-state index contributed by atoms with van der Waals surface area (Å²) in [6.45, 7) is 3.60. The maximum Gasteiger partial charge on any atom is 0.269 e. The SMILES string of the molecule is CC[C@H](C)NC(=O)[C@H](Cc1ccccc1)N(Cc1cccc(OC)c1)C(=O)CCN1C(=O)c2ccccc2S1(=O)=O. The zero-order valence-corrected chi connectivity index (χ0v) is 24.3. The molecule has 0 aromatic heterocycles. The lowest BCUT2D eigenvalue weighted by Gasteiger charge is -2.33. The van der Waals surface area contributed by atoms with Crippen molar-refractivity contribution in [2.45, 2.75) is 56.6 Å². The first kappa shape index (κ1) is 29.8. The molecule has 1 aliphatic rings. The number of carbonyl (C=O) groups is 3. The number of sulfonamides is 1. The van der Waals surface area contributed by atoms with Crippen molar-refractivity contribution >= 4 is 27.7 Å². The highest BCUT2D eigenvalue weighted by Crippen LogP contribution is 2.30. The van der Waals surface area contributed by atoms with Crippen molar-refractivity contribution < 1.29 is 27.5 Å². The van der Waals surface area contributed by atoms with Gasteiger partial charge in [-0.15, -0.1) is 0 Å². The number of hydrogen-bond acceptors (Lipinski definition) is 6. The summed E-state index contributed by atoms with van der Waals surface area (Å²) in [5.74, 6) is -0.822. The molecule has 41 heavy (non-hydrogen) atoms. The maximum absolute atomic E-state index is 13.9. The van der Waals surface area contributed by atoms with E-state index in [4.69, 9.17) is 4.74 Å². The zero-order chi connectivity index (χ0) is 29.6. The molecular weight excluding hydrogens is 542 g/mol. The molecule has 3 aromatic carbocycles. The topological polar surface area (TPSA) is 113 Å². The fraction of sp³-hybridized carbons (Fsp3) is 0.323. The van der Waals surface area contributed by atoms with Crippen molar-refractivity contribution in [3.63, 3.8) is 0 Å². The molecule has 10 heteroatoms. The van der Waals surface area contributed by atoms with Gasteiger partial charge in [0.15, 0.2) is 0 Å². The summed E-state index contributed by atoms with van der Waals surface area (Å²) in [5.41, 5.74) is 1.69. The second kappa shape index (κ2) is 13.0. The number of nitrogens with one attached hydrogen (secondary N) is 1. The average molecular weight is 578 g/mol. The number of ether oxygens (including phenoxy) is 1. The lowest BCUT2D eigenvalue weighted by Crippen LogP contribution is -2.52. The van der Waals surface area contributed by atoms with Gasteiger partial charge < -0.3 is 15.0 Å². The van der Waals surface area contributed by atoms with Crippen LogP contribution >= 0.6 is 0 Å². The molecule has 1 heterocycles. The molecule has 4 rings (SSSR count). The lowest BCUT2D eigenvalue weighted by atomic mass is 10.0. The third-order valence-corrected chi connectivity index (χ3v) is 9.04. The Morgan fingerprint density at radius 2 is 1.66 bits per heavy atom. The van der Waals surface area contributed by atoms with Crippen molar-refractivity contribution in [1.82, 2.24) is 14.5 Å². The van der Waals surface area contributed by atoms with Crippen LogP contribution in [0.25, 0.3) is 0 Å². The van der Waals surface area contributed by atoms with Crippen LogP contribution < -0.4 is 10.1 Å². The van der Waals surface area contributed by atoms with Crippen molar-refractivity contribution in [2.24, 2.45) is 0 Å². The molecule has 2 atom stereocenters. The molecule has 0 bridgehead atoms. The maximum atomic E-state index is 13.9. The number of rotatable bonds is 12. The molecule has 1 N–H and O–H groups in total. The van der Waals surface area contributed by atoms with E-state index in [1.54, 1.807) is 37.4 Å². The lowest BCUT2D eigenvalue weighted by molar-refractivity contribution is -0.141. The standard InChI is InChI=1S/C31H35N3O6S/c1-4-22(2)32-30(36)27(20-23-11-6-5-7-12-23)33(21-24-13-10-14-25(19-24)40-3)29(35)17-18-34-31(37)26-15-8-9-16-28(26)41(34,38)39/h5-16,19,22,27H,4,17-18,20-21H2,1-3H3,(H,32,36)/t22-,27-/m0/s1. The number of fused-ring (bicyclic) bond motifs is 1. The van der Waals surface area contributed by atoms with Gasteiger partial charge in [-0.05, 0) is 48.7 Å². The summed E-state index contributed by atoms with van der Waals surface area (Å²) in [4.78, 5) is 41.9. The minimum atomic E-state index is -4.07. The fourth-order valence-corrected chi connectivity index (χ4v) is 6.33.